The van der Waals surface area contributed by atoms with Gasteiger partial charge in [0.2, 0.25) is 0 Å². The van der Waals surface area contributed by atoms with Crippen LogP contribution in [0.5, 0.6) is 5.75 Å². The average molecular weight is 339 g/mol. The van der Waals surface area contributed by atoms with Crippen molar-refractivity contribution in [3.05, 3.63) is 29.3 Å². The van der Waals surface area contributed by atoms with Gasteiger partial charge in [0.15, 0.2) is 0 Å². The molecule has 132 valence electrons. The van der Waals surface area contributed by atoms with E-state index in [1.54, 1.807) is 13.2 Å². The van der Waals surface area contributed by atoms with E-state index in [0.29, 0.717) is 5.75 Å². The number of carbonyl (C=O) groups excluding carboxylic acids is 1. The number of anilines is 1. The molecule has 2 aliphatic rings. The van der Waals surface area contributed by atoms with Gasteiger partial charge < -0.3 is 15.0 Å². The molecule has 5 heteroatoms. The fraction of sp³-hybridized carbons (Fsp3) is 0.500. The van der Waals surface area contributed by atoms with Crippen LogP contribution in [-0.4, -0.2) is 32.1 Å². The SMILES string of the molecule is COc1cc(N2CCCC2)ccc1/C=C(/C#N)C(=O)NC1CCCC1. The first-order valence-corrected chi connectivity index (χ1v) is 9.07. The van der Waals surface area contributed by atoms with Crippen LogP contribution in [0.3, 0.4) is 0 Å². The van der Waals surface area contributed by atoms with E-state index in [-0.39, 0.29) is 17.5 Å². The Bertz CT molecular complexity index is 693. The van der Waals surface area contributed by atoms with Gasteiger partial charge in [-0.2, -0.15) is 5.26 Å². The number of nitrogens with one attached hydrogen (secondary N) is 1. The average Bonchev–Trinajstić information content (AvgIpc) is 3.33. The highest BCUT2D eigenvalue weighted by atomic mass is 16.5. The molecule has 1 saturated heterocycles. The molecule has 5 nitrogen and oxygen atoms in total. The molecule has 0 bridgehead atoms. The van der Waals surface area contributed by atoms with Crippen LogP contribution >= 0.6 is 0 Å². The minimum Gasteiger partial charge on any atom is -0.496 e. The second kappa shape index (κ2) is 8.06. The third-order valence-corrected chi connectivity index (χ3v) is 5.04. The number of methoxy groups -OCH3 is 1. The molecule has 1 amide bonds. The van der Waals surface area contributed by atoms with Gasteiger partial charge >= 0.3 is 0 Å². The molecule has 1 saturated carbocycles. The Morgan fingerprint density at radius 1 is 1.28 bits per heavy atom. The predicted molar refractivity (Wildman–Crippen MR) is 98.4 cm³/mol. The molecule has 1 aliphatic carbocycles. The van der Waals surface area contributed by atoms with Crippen molar-refractivity contribution in [2.24, 2.45) is 0 Å². The Kier molecular flexibility index (Phi) is 5.60. The maximum Gasteiger partial charge on any atom is 0.262 e. The molecule has 1 aliphatic heterocycles. The van der Waals surface area contributed by atoms with Gasteiger partial charge in [0, 0.05) is 36.4 Å². The summed E-state index contributed by atoms with van der Waals surface area (Å²) in [6.45, 7) is 2.12. The van der Waals surface area contributed by atoms with Crippen molar-refractivity contribution in [2.75, 3.05) is 25.1 Å². The summed E-state index contributed by atoms with van der Waals surface area (Å²) in [6.07, 6.45) is 8.33. The number of amides is 1. The van der Waals surface area contributed by atoms with Gasteiger partial charge in [-0.1, -0.05) is 12.8 Å². The van der Waals surface area contributed by atoms with E-state index >= 15 is 0 Å². The molecular weight excluding hydrogens is 314 g/mol. The number of hydrogen-bond donors (Lipinski definition) is 1. The molecule has 1 N–H and O–H groups in total. The molecule has 3 rings (SSSR count). The summed E-state index contributed by atoms with van der Waals surface area (Å²) in [5.41, 5.74) is 2.00. The maximum atomic E-state index is 12.4. The fourth-order valence-electron chi connectivity index (χ4n) is 3.63. The van der Waals surface area contributed by atoms with Gasteiger partial charge in [-0.05, 0) is 43.9 Å². The summed E-state index contributed by atoms with van der Waals surface area (Å²) >= 11 is 0. The largest absolute Gasteiger partial charge is 0.496 e. The molecule has 1 aromatic rings. The van der Waals surface area contributed by atoms with E-state index in [4.69, 9.17) is 4.74 Å². The number of benzene rings is 1. The molecular formula is C20H25N3O2. The standard InChI is InChI=1S/C20H25N3O2/c1-25-19-13-18(23-10-4-5-11-23)9-8-15(19)12-16(14-21)20(24)22-17-6-2-3-7-17/h8-9,12-13,17H,2-7,10-11H2,1H3,(H,22,24)/b16-12-. The molecule has 1 heterocycles. The quantitative estimate of drug-likeness (QED) is 0.660. The summed E-state index contributed by atoms with van der Waals surface area (Å²) in [6, 6.07) is 8.17. The molecule has 0 atom stereocenters. The highest BCUT2D eigenvalue weighted by Crippen LogP contribution is 2.29. The number of nitrogens with zero attached hydrogens (tertiary/aromatic N) is 2. The van der Waals surface area contributed by atoms with Crippen molar-refractivity contribution in [1.29, 1.82) is 5.26 Å². The lowest BCUT2D eigenvalue weighted by molar-refractivity contribution is -0.117. The molecule has 0 unspecified atom stereocenters. The van der Waals surface area contributed by atoms with E-state index < -0.39 is 0 Å². The van der Waals surface area contributed by atoms with Crippen molar-refractivity contribution in [3.8, 4) is 11.8 Å². The Labute approximate surface area is 149 Å². The minimum atomic E-state index is -0.292. The van der Waals surface area contributed by atoms with E-state index in [2.05, 4.69) is 10.2 Å². The van der Waals surface area contributed by atoms with Crippen LogP contribution in [0.4, 0.5) is 5.69 Å². The second-order valence-corrected chi connectivity index (χ2v) is 6.75. The summed E-state index contributed by atoms with van der Waals surface area (Å²) in [4.78, 5) is 14.7. The monoisotopic (exact) mass is 339 g/mol. The van der Waals surface area contributed by atoms with E-state index in [0.717, 1.165) is 50.0 Å². The fourth-order valence-corrected chi connectivity index (χ4v) is 3.63. The number of ether oxygens (including phenoxy) is 1. The first-order chi connectivity index (χ1) is 12.2. The summed E-state index contributed by atoms with van der Waals surface area (Å²) < 4.78 is 5.49. The van der Waals surface area contributed by atoms with Crippen LogP contribution in [0, 0.1) is 11.3 Å². The lowest BCUT2D eigenvalue weighted by Gasteiger charge is -2.19. The summed E-state index contributed by atoms with van der Waals surface area (Å²) in [7, 11) is 1.62. The van der Waals surface area contributed by atoms with Gasteiger partial charge in [0.1, 0.15) is 17.4 Å². The zero-order chi connectivity index (χ0) is 17.6. The highest BCUT2D eigenvalue weighted by Gasteiger charge is 2.20. The van der Waals surface area contributed by atoms with Crippen LogP contribution < -0.4 is 15.0 Å². The van der Waals surface area contributed by atoms with E-state index in [1.165, 1.54) is 12.8 Å². The van der Waals surface area contributed by atoms with Crippen molar-refractivity contribution in [2.45, 2.75) is 44.6 Å². The van der Waals surface area contributed by atoms with Crippen molar-refractivity contribution in [3.63, 3.8) is 0 Å². The molecule has 0 radical (unpaired) electrons. The van der Waals surface area contributed by atoms with Crippen molar-refractivity contribution >= 4 is 17.7 Å². The van der Waals surface area contributed by atoms with Gasteiger partial charge in [-0.25, -0.2) is 0 Å². The van der Waals surface area contributed by atoms with E-state index in [9.17, 15) is 10.1 Å². The zero-order valence-corrected chi connectivity index (χ0v) is 14.8. The summed E-state index contributed by atoms with van der Waals surface area (Å²) in [5.74, 6) is 0.394. The normalized spacial score (nSPS) is 18.2. The Morgan fingerprint density at radius 3 is 2.64 bits per heavy atom. The lowest BCUT2D eigenvalue weighted by Crippen LogP contribution is -2.33. The second-order valence-electron chi connectivity index (χ2n) is 6.75. The number of hydrogen-bond acceptors (Lipinski definition) is 4. The molecule has 25 heavy (non-hydrogen) atoms. The van der Waals surface area contributed by atoms with Crippen LogP contribution in [0.1, 0.15) is 44.1 Å². The lowest BCUT2D eigenvalue weighted by atomic mass is 10.1. The van der Waals surface area contributed by atoms with Gasteiger partial charge in [0.05, 0.1) is 7.11 Å². The number of nitriles is 1. The van der Waals surface area contributed by atoms with E-state index in [1.807, 2.05) is 24.3 Å². The predicted octanol–water partition coefficient (Wildman–Crippen LogP) is 3.26. The summed E-state index contributed by atoms with van der Waals surface area (Å²) in [5, 5.41) is 12.4. The molecule has 0 aromatic heterocycles. The van der Waals surface area contributed by atoms with Gasteiger partial charge in [-0.15, -0.1) is 0 Å². The molecule has 0 spiro atoms. The smallest absolute Gasteiger partial charge is 0.262 e. The first-order valence-electron chi connectivity index (χ1n) is 9.07. The first kappa shape index (κ1) is 17.3. The molecule has 2 fully saturated rings. The molecule has 1 aromatic carbocycles. The van der Waals surface area contributed by atoms with Crippen molar-refractivity contribution < 1.29 is 9.53 Å². The Morgan fingerprint density at radius 2 is 2.00 bits per heavy atom. The third-order valence-electron chi connectivity index (χ3n) is 5.04. The van der Waals surface area contributed by atoms with Crippen LogP contribution in [-0.2, 0) is 4.79 Å². The zero-order valence-electron chi connectivity index (χ0n) is 14.8. The van der Waals surface area contributed by atoms with Crippen molar-refractivity contribution in [1.82, 2.24) is 5.32 Å². The van der Waals surface area contributed by atoms with Crippen LogP contribution in [0.25, 0.3) is 6.08 Å². The number of carbonyl (C=O) groups is 1. The Balaban J connectivity index is 1.79. The van der Waals surface area contributed by atoms with Gasteiger partial charge in [-0.3, -0.25) is 4.79 Å². The third kappa shape index (κ3) is 4.14. The van der Waals surface area contributed by atoms with Crippen LogP contribution in [0.2, 0.25) is 0 Å². The number of rotatable bonds is 5. The topological polar surface area (TPSA) is 65.4 Å². The maximum absolute atomic E-state index is 12.4. The van der Waals surface area contributed by atoms with Crippen LogP contribution in [0.15, 0.2) is 23.8 Å². The minimum absolute atomic E-state index is 0.124. The van der Waals surface area contributed by atoms with Gasteiger partial charge in [0.25, 0.3) is 5.91 Å². The highest BCUT2D eigenvalue weighted by molar-refractivity contribution is 6.02. The Hall–Kier alpha value is -2.48.